The number of nitro groups is 1. The van der Waals surface area contributed by atoms with Crippen molar-refractivity contribution in [3.8, 4) is 0 Å². The second kappa shape index (κ2) is 6.21. The molecule has 1 unspecified atom stereocenters. The van der Waals surface area contributed by atoms with E-state index in [4.69, 9.17) is 4.74 Å². The Morgan fingerprint density at radius 1 is 1.60 bits per heavy atom. The van der Waals surface area contributed by atoms with Crippen molar-refractivity contribution < 1.29 is 9.66 Å². The van der Waals surface area contributed by atoms with Crippen molar-refractivity contribution in [1.82, 2.24) is 9.78 Å². The Bertz CT molecular complexity index is 478. The van der Waals surface area contributed by atoms with E-state index in [1.54, 1.807) is 11.6 Å². The molecule has 0 saturated carbocycles. The van der Waals surface area contributed by atoms with E-state index in [0.29, 0.717) is 24.0 Å². The van der Waals surface area contributed by atoms with Crippen molar-refractivity contribution in [3.63, 3.8) is 0 Å². The number of anilines is 1. The Morgan fingerprint density at radius 2 is 2.35 bits per heavy atom. The van der Waals surface area contributed by atoms with Gasteiger partial charge in [0.1, 0.15) is 5.69 Å². The van der Waals surface area contributed by atoms with E-state index < -0.39 is 0 Å². The van der Waals surface area contributed by atoms with Crippen LogP contribution >= 0.6 is 0 Å². The summed E-state index contributed by atoms with van der Waals surface area (Å²) in [7, 11) is 0. The summed E-state index contributed by atoms with van der Waals surface area (Å²) in [5.74, 6) is 1.07. The quantitative estimate of drug-likeness (QED) is 0.640. The Balaban J connectivity index is 2.09. The molecule has 20 heavy (non-hydrogen) atoms. The van der Waals surface area contributed by atoms with Gasteiger partial charge in [0.05, 0.1) is 4.92 Å². The van der Waals surface area contributed by atoms with E-state index in [-0.39, 0.29) is 16.7 Å². The number of hydrogen-bond donors (Lipinski definition) is 1. The normalized spacial score (nSPS) is 18.7. The van der Waals surface area contributed by atoms with Crippen LogP contribution in [0.4, 0.5) is 11.5 Å². The van der Waals surface area contributed by atoms with E-state index in [0.717, 1.165) is 26.1 Å². The number of rotatable bonds is 6. The van der Waals surface area contributed by atoms with Gasteiger partial charge in [-0.15, -0.1) is 0 Å². The first-order chi connectivity index (χ1) is 9.50. The minimum absolute atomic E-state index is 0.0831. The van der Waals surface area contributed by atoms with Crippen LogP contribution in [-0.4, -0.2) is 34.5 Å². The van der Waals surface area contributed by atoms with Gasteiger partial charge in [-0.25, -0.2) is 4.68 Å². The fourth-order valence-corrected chi connectivity index (χ4v) is 2.50. The van der Waals surface area contributed by atoms with Crippen LogP contribution in [0.1, 0.15) is 38.4 Å². The lowest BCUT2D eigenvalue weighted by atomic mass is 10.1. The monoisotopic (exact) mass is 282 g/mol. The molecule has 2 rings (SSSR count). The van der Waals surface area contributed by atoms with Gasteiger partial charge in [0.25, 0.3) is 0 Å². The van der Waals surface area contributed by atoms with Crippen LogP contribution in [0.3, 0.4) is 0 Å². The molecule has 2 heterocycles. The molecular weight excluding hydrogens is 260 g/mol. The summed E-state index contributed by atoms with van der Waals surface area (Å²) in [6, 6.07) is 0.0831. The van der Waals surface area contributed by atoms with Crippen LogP contribution in [0.25, 0.3) is 0 Å². The van der Waals surface area contributed by atoms with Gasteiger partial charge in [0, 0.05) is 25.8 Å². The third-order valence-electron chi connectivity index (χ3n) is 3.59. The summed E-state index contributed by atoms with van der Waals surface area (Å²) in [6.45, 7) is 7.93. The lowest BCUT2D eigenvalue weighted by Gasteiger charge is -2.13. The summed E-state index contributed by atoms with van der Waals surface area (Å²) in [6.07, 6.45) is 2.03. The average molecular weight is 282 g/mol. The first-order valence-electron chi connectivity index (χ1n) is 7.05. The Kier molecular flexibility index (Phi) is 4.59. The number of aryl methyl sites for hydroxylation is 1. The number of hydrogen-bond acceptors (Lipinski definition) is 5. The average Bonchev–Trinajstić information content (AvgIpc) is 2.97. The van der Waals surface area contributed by atoms with Crippen molar-refractivity contribution in [3.05, 3.63) is 15.8 Å². The van der Waals surface area contributed by atoms with Crippen molar-refractivity contribution >= 4 is 11.5 Å². The third kappa shape index (κ3) is 3.09. The van der Waals surface area contributed by atoms with Crippen molar-refractivity contribution in [2.75, 3.05) is 25.1 Å². The molecule has 112 valence electrons. The predicted octanol–water partition coefficient (Wildman–Crippen LogP) is 2.52. The molecule has 1 aliphatic heterocycles. The molecule has 1 aromatic rings. The first kappa shape index (κ1) is 14.8. The highest BCUT2D eigenvalue weighted by molar-refractivity contribution is 5.59. The van der Waals surface area contributed by atoms with E-state index in [2.05, 4.69) is 10.4 Å². The molecule has 7 heteroatoms. The van der Waals surface area contributed by atoms with Gasteiger partial charge in [0.2, 0.25) is 5.82 Å². The van der Waals surface area contributed by atoms with Crippen LogP contribution < -0.4 is 5.32 Å². The molecule has 0 radical (unpaired) electrons. The van der Waals surface area contributed by atoms with Crippen molar-refractivity contribution in [2.45, 2.75) is 39.7 Å². The van der Waals surface area contributed by atoms with Gasteiger partial charge in [-0.1, -0.05) is 0 Å². The second-order valence-corrected chi connectivity index (χ2v) is 5.52. The zero-order valence-corrected chi connectivity index (χ0v) is 12.3. The van der Waals surface area contributed by atoms with E-state index in [9.17, 15) is 10.1 Å². The molecule has 1 atom stereocenters. The molecule has 1 aliphatic rings. The smallest absolute Gasteiger partial charge is 0.333 e. The summed E-state index contributed by atoms with van der Waals surface area (Å²) in [4.78, 5) is 10.8. The minimum Gasteiger partial charge on any atom is -0.381 e. The van der Waals surface area contributed by atoms with Gasteiger partial charge >= 0.3 is 5.69 Å². The van der Waals surface area contributed by atoms with Crippen molar-refractivity contribution in [1.29, 1.82) is 0 Å². The van der Waals surface area contributed by atoms with Gasteiger partial charge < -0.3 is 10.1 Å². The standard InChI is InChI=1S/C13H22N4O3/c1-9(2)16-13(12(17(18)19)10(3)15-16)14-6-4-11-5-7-20-8-11/h9,11,14H,4-8H2,1-3H3. The molecule has 0 bridgehead atoms. The lowest BCUT2D eigenvalue weighted by Crippen LogP contribution is -2.14. The Morgan fingerprint density at radius 3 is 2.90 bits per heavy atom. The highest BCUT2D eigenvalue weighted by Gasteiger charge is 2.26. The largest absolute Gasteiger partial charge is 0.381 e. The first-order valence-corrected chi connectivity index (χ1v) is 7.05. The number of nitrogens with one attached hydrogen (secondary N) is 1. The van der Waals surface area contributed by atoms with E-state index >= 15 is 0 Å². The number of nitrogens with zero attached hydrogens (tertiary/aromatic N) is 3. The zero-order valence-electron chi connectivity index (χ0n) is 12.3. The fourth-order valence-electron chi connectivity index (χ4n) is 2.50. The molecule has 0 aliphatic carbocycles. The highest BCUT2D eigenvalue weighted by atomic mass is 16.6. The minimum atomic E-state index is -0.359. The Labute approximate surface area is 118 Å². The lowest BCUT2D eigenvalue weighted by molar-refractivity contribution is -0.384. The van der Waals surface area contributed by atoms with Gasteiger partial charge in [-0.3, -0.25) is 10.1 Å². The van der Waals surface area contributed by atoms with Crippen LogP contribution in [0, 0.1) is 23.0 Å². The highest BCUT2D eigenvalue weighted by Crippen LogP contribution is 2.30. The van der Waals surface area contributed by atoms with Crippen LogP contribution in [0.15, 0.2) is 0 Å². The molecule has 7 nitrogen and oxygen atoms in total. The predicted molar refractivity (Wildman–Crippen MR) is 76.0 cm³/mol. The molecule has 0 spiro atoms. The zero-order chi connectivity index (χ0) is 14.7. The molecule has 1 fully saturated rings. The Hall–Kier alpha value is -1.63. The topological polar surface area (TPSA) is 82.2 Å². The molecule has 1 saturated heterocycles. The van der Waals surface area contributed by atoms with Crippen molar-refractivity contribution in [2.24, 2.45) is 5.92 Å². The summed E-state index contributed by atoms with van der Waals surface area (Å²) < 4.78 is 7.03. The molecule has 1 aromatic heterocycles. The second-order valence-electron chi connectivity index (χ2n) is 5.52. The van der Waals surface area contributed by atoms with Crippen LogP contribution in [0.5, 0.6) is 0 Å². The third-order valence-corrected chi connectivity index (χ3v) is 3.59. The summed E-state index contributed by atoms with van der Waals surface area (Å²) in [5, 5.41) is 18.7. The fraction of sp³-hybridized carbons (Fsp3) is 0.769. The molecule has 0 amide bonds. The van der Waals surface area contributed by atoms with Gasteiger partial charge in [-0.2, -0.15) is 5.10 Å². The maximum atomic E-state index is 11.2. The maximum Gasteiger partial charge on any atom is 0.333 e. The molecule has 1 N–H and O–H groups in total. The summed E-state index contributed by atoms with van der Waals surface area (Å²) in [5.41, 5.74) is 0.539. The van der Waals surface area contributed by atoms with Gasteiger partial charge in [-0.05, 0) is 39.5 Å². The summed E-state index contributed by atoms with van der Waals surface area (Å²) >= 11 is 0. The SMILES string of the molecule is Cc1nn(C(C)C)c(NCCC2CCOC2)c1[N+](=O)[O-]. The molecule has 0 aromatic carbocycles. The number of ether oxygens (including phenoxy) is 1. The van der Waals surface area contributed by atoms with Crippen LogP contribution in [0.2, 0.25) is 0 Å². The van der Waals surface area contributed by atoms with Gasteiger partial charge in [0.15, 0.2) is 0 Å². The number of aromatic nitrogens is 2. The van der Waals surface area contributed by atoms with E-state index in [1.165, 1.54) is 0 Å². The van der Waals surface area contributed by atoms with Crippen LogP contribution in [-0.2, 0) is 4.74 Å². The molecular formula is C13H22N4O3. The maximum absolute atomic E-state index is 11.2. The van der Waals surface area contributed by atoms with E-state index in [1.807, 2.05) is 13.8 Å².